The molecule has 10 heteroatoms. The van der Waals surface area contributed by atoms with E-state index >= 15 is 0 Å². The molecule has 0 saturated heterocycles. The van der Waals surface area contributed by atoms with Crippen molar-refractivity contribution in [2.24, 2.45) is 0 Å². The molecular weight excluding hydrogens is 331 g/mol. The Bertz CT molecular complexity index is 13.6. The van der Waals surface area contributed by atoms with Crippen molar-refractivity contribution in [3.63, 3.8) is 0 Å². The number of hydrogen-bond acceptors (Lipinski definition) is 7. The van der Waals surface area contributed by atoms with Crippen LogP contribution in [0, 0.1) is 35.6 Å². The van der Waals surface area contributed by atoms with Gasteiger partial charge in [-0.25, -0.2) is 0 Å². The Kier molecular flexibility index (Phi) is 7610. The molecule has 0 aliphatic heterocycles. The Balaban J connectivity index is 0. The van der Waals surface area contributed by atoms with Crippen LogP contribution in [0.3, 0.4) is 0 Å². The molecule has 62 valence electrons. The molecule has 0 bridgehead atoms. The van der Waals surface area contributed by atoms with Gasteiger partial charge in [-0.2, -0.15) is 0 Å². The average Bonchev–Trinajstić information content (AvgIpc) is 0. The van der Waals surface area contributed by atoms with E-state index in [9.17, 15) is 0 Å². The van der Waals surface area contributed by atoms with Gasteiger partial charge in [-0.05, 0) is 0 Å². The minimum absolute atomic E-state index is 0. The van der Waals surface area contributed by atoms with E-state index in [-0.39, 0.29) is 114 Å². The first kappa shape index (κ1) is 316. The summed E-state index contributed by atoms with van der Waals surface area (Å²) >= 11 is 0. The summed E-state index contributed by atoms with van der Waals surface area (Å²) in [6.45, 7) is 0. The van der Waals surface area contributed by atoms with Gasteiger partial charge in [-0.1, -0.05) is 0 Å². The molecule has 0 fully saturated rings. The van der Waals surface area contributed by atoms with Crippen LogP contribution in [0.2, 0.25) is 0 Å². The third-order valence-electron chi connectivity index (χ3n) is 0. The van der Waals surface area contributed by atoms with Crippen molar-refractivity contribution >= 4 is 23.1 Å². The van der Waals surface area contributed by atoms with Gasteiger partial charge in [0, 0.05) is 0 Å². The van der Waals surface area contributed by atoms with E-state index in [1.54, 1.807) is 0 Å². The zero-order valence-electron chi connectivity index (χ0n) is 4.77. The topological polar surface area (TPSA) is 210 Å². The Labute approximate surface area is 113 Å². The van der Waals surface area contributed by atoms with E-state index < -0.39 is 0 Å². The fraction of sp³-hybridized carbons (Fsp3) is 0. The Hall–Kier alpha value is 2.20. The third-order valence-corrected chi connectivity index (χ3v) is 0. The summed E-state index contributed by atoms with van der Waals surface area (Å²) in [7, 11) is 0. The quantitative estimate of drug-likeness (QED) is 0.470. The number of rotatable bonds is 0. The minimum Gasteiger partial charge on any atom is -0.870 e. The standard InChI is InChI=1S/Fe.La.Mg.7H2O/h;;;7*1H2/q+2;+3;+2;;;;;;;/p-7. The molecule has 0 atom stereocenters. The van der Waals surface area contributed by atoms with Gasteiger partial charge in [0.2, 0.25) is 0 Å². The Morgan fingerprint density at radius 3 is 0.400 bits per heavy atom. The molecule has 0 rings (SSSR count). The zero-order valence-corrected chi connectivity index (χ0v) is 10.9. The van der Waals surface area contributed by atoms with Crippen molar-refractivity contribution in [1.29, 1.82) is 0 Å². The molecule has 0 heterocycles. The van der Waals surface area contributed by atoms with Crippen molar-refractivity contribution in [2.75, 3.05) is 0 Å². The molecule has 0 aliphatic rings. The summed E-state index contributed by atoms with van der Waals surface area (Å²) < 4.78 is 0. The SMILES string of the molecule is [Fe+2].[La+3].[Mg+2].[OH-].[OH-].[OH-].[OH-].[OH-].[OH-].[OH-]. The summed E-state index contributed by atoms with van der Waals surface area (Å²) in [5.74, 6) is 0. The second-order valence-corrected chi connectivity index (χ2v) is 0. The molecule has 0 amide bonds. The van der Waals surface area contributed by atoms with E-state index in [2.05, 4.69) is 0 Å². The van der Waals surface area contributed by atoms with Crippen LogP contribution in [0.15, 0.2) is 0 Å². The summed E-state index contributed by atoms with van der Waals surface area (Å²) in [6, 6.07) is 0. The van der Waals surface area contributed by atoms with Gasteiger partial charge in [0.15, 0.2) is 0 Å². The smallest absolute Gasteiger partial charge is 0.870 e. The van der Waals surface area contributed by atoms with Crippen LogP contribution in [0.25, 0.3) is 0 Å². The molecule has 7 N–H and O–H groups in total. The van der Waals surface area contributed by atoms with Gasteiger partial charge < -0.3 is 38.3 Å². The van der Waals surface area contributed by atoms with Crippen LogP contribution in [0.4, 0.5) is 0 Å². The second-order valence-electron chi connectivity index (χ2n) is 0. The molecule has 10 heavy (non-hydrogen) atoms. The van der Waals surface area contributed by atoms with Crippen LogP contribution in [0.5, 0.6) is 0 Å². The molecule has 0 radical (unpaired) electrons. The van der Waals surface area contributed by atoms with Gasteiger partial charge in [-0.3, -0.25) is 0 Å². The summed E-state index contributed by atoms with van der Waals surface area (Å²) in [4.78, 5) is 0. The maximum atomic E-state index is 0. The monoisotopic (exact) mass is 338 g/mol. The van der Waals surface area contributed by atoms with E-state index in [1.165, 1.54) is 0 Å². The van der Waals surface area contributed by atoms with Gasteiger partial charge in [0.1, 0.15) is 0 Å². The zero-order chi connectivity index (χ0) is 0. The first-order valence-electron chi connectivity index (χ1n) is 0. The van der Waals surface area contributed by atoms with Crippen LogP contribution >= 0.6 is 0 Å². The number of hydrogen-bond donors (Lipinski definition) is 0. The van der Waals surface area contributed by atoms with Crippen LogP contribution in [-0.2, 0) is 17.1 Å². The van der Waals surface area contributed by atoms with Gasteiger partial charge in [0.05, 0.1) is 0 Å². The fourth-order valence-corrected chi connectivity index (χ4v) is 0. The Morgan fingerprint density at radius 1 is 0.400 bits per heavy atom. The summed E-state index contributed by atoms with van der Waals surface area (Å²) in [5.41, 5.74) is 0. The van der Waals surface area contributed by atoms with Crippen molar-refractivity contribution in [2.45, 2.75) is 0 Å². The normalized spacial score (nSPS) is 0. The first-order chi connectivity index (χ1) is 0. The van der Waals surface area contributed by atoms with E-state index in [0.717, 1.165) is 0 Å². The van der Waals surface area contributed by atoms with E-state index in [0.29, 0.717) is 0 Å². The predicted molar refractivity (Wildman–Crippen MR) is 19.3 cm³/mol. The minimum atomic E-state index is 0. The third kappa shape index (κ3) is 178. The maximum absolute atomic E-state index is 0. The van der Waals surface area contributed by atoms with Gasteiger partial charge >= 0.3 is 75.7 Å². The fourth-order valence-electron chi connectivity index (χ4n) is 0. The predicted octanol–water partition coefficient (Wildman–Crippen LogP) is -1.62. The first-order valence-corrected chi connectivity index (χ1v) is 0. The largest absolute Gasteiger partial charge is 3.00 e. The van der Waals surface area contributed by atoms with Gasteiger partial charge in [0.25, 0.3) is 0 Å². The summed E-state index contributed by atoms with van der Waals surface area (Å²) in [5, 5.41) is 0. The maximum Gasteiger partial charge on any atom is 3.00 e. The summed E-state index contributed by atoms with van der Waals surface area (Å²) in [6.07, 6.45) is 0. The molecule has 7 nitrogen and oxygen atoms in total. The molecule has 0 saturated carbocycles. The van der Waals surface area contributed by atoms with E-state index in [4.69, 9.17) is 0 Å². The van der Waals surface area contributed by atoms with Gasteiger partial charge in [-0.15, -0.1) is 0 Å². The van der Waals surface area contributed by atoms with Crippen LogP contribution in [0.1, 0.15) is 0 Å². The molecule has 0 aromatic heterocycles. The molecule has 0 aliphatic carbocycles. The van der Waals surface area contributed by atoms with Crippen molar-refractivity contribution < 1.29 is 91.0 Å². The van der Waals surface area contributed by atoms with Crippen LogP contribution < -0.4 is 0 Å². The van der Waals surface area contributed by atoms with Crippen molar-refractivity contribution in [3.8, 4) is 0 Å². The molecular formula is H7FeLaMgO7. The van der Waals surface area contributed by atoms with Crippen LogP contribution in [-0.4, -0.2) is 61.4 Å². The van der Waals surface area contributed by atoms with Crippen molar-refractivity contribution in [1.82, 2.24) is 0 Å². The molecule has 0 unspecified atom stereocenters. The van der Waals surface area contributed by atoms with Crippen molar-refractivity contribution in [3.05, 3.63) is 0 Å². The second kappa shape index (κ2) is 241. The molecule has 0 aromatic rings. The average molecular weight is 338 g/mol. The molecule has 0 aromatic carbocycles. The van der Waals surface area contributed by atoms with E-state index in [1.807, 2.05) is 0 Å². The molecule has 0 spiro atoms. The Morgan fingerprint density at radius 2 is 0.400 bits per heavy atom.